The van der Waals surface area contributed by atoms with Crippen LogP contribution in [0.5, 0.6) is 5.75 Å². The fraction of sp³-hybridized carbons (Fsp3) is 0.600. The highest BCUT2D eigenvalue weighted by molar-refractivity contribution is 5.86. The number of nitrogens with two attached hydrogens (primary N) is 1. The van der Waals surface area contributed by atoms with Gasteiger partial charge in [0.1, 0.15) is 22.5 Å². The van der Waals surface area contributed by atoms with Gasteiger partial charge in [0.15, 0.2) is 5.82 Å². The molecule has 5 N–H and O–H groups in total. The van der Waals surface area contributed by atoms with Crippen LogP contribution in [-0.4, -0.2) is 85.8 Å². The molecule has 1 saturated heterocycles. The van der Waals surface area contributed by atoms with E-state index in [9.17, 15) is 10.2 Å². The predicted octanol–water partition coefficient (Wildman–Crippen LogP) is 2.00. The van der Waals surface area contributed by atoms with Crippen molar-refractivity contribution in [2.75, 3.05) is 51.0 Å². The molecule has 0 amide bonds. The summed E-state index contributed by atoms with van der Waals surface area (Å²) in [4.78, 5) is 15.9. The van der Waals surface area contributed by atoms with Gasteiger partial charge in [0, 0.05) is 25.4 Å². The molecule has 0 saturated carbocycles. The number of pyridine rings is 1. The summed E-state index contributed by atoms with van der Waals surface area (Å²) >= 11 is 0. The Labute approximate surface area is 211 Å². The van der Waals surface area contributed by atoms with Gasteiger partial charge in [-0.25, -0.2) is 4.98 Å². The van der Waals surface area contributed by atoms with E-state index in [-0.39, 0.29) is 25.2 Å². The van der Waals surface area contributed by atoms with Crippen LogP contribution in [0.1, 0.15) is 56.2 Å². The van der Waals surface area contributed by atoms with Crippen LogP contribution < -0.4 is 15.8 Å². The van der Waals surface area contributed by atoms with Crippen molar-refractivity contribution < 1.29 is 14.9 Å². The SMILES string of the molecule is CCCC(CCO)Nc1nc(N)nc2cnn(Cc3ncc(C4CCN(CCO)CC4)cc3OC)c12. The van der Waals surface area contributed by atoms with Crippen molar-refractivity contribution in [2.45, 2.75) is 57.5 Å². The fourth-order valence-corrected chi connectivity index (χ4v) is 5.00. The summed E-state index contributed by atoms with van der Waals surface area (Å²) in [6, 6.07) is 2.16. The van der Waals surface area contributed by atoms with Crippen molar-refractivity contribution in [3.63, 3.8) is 0 Å². The van der Waals surface area contributed by atoms with Gasteiger partial charge in [-0.2, -0.15) is 10.1 Å². The van der Waals surface area contributed by atoms with Crippen molar-refractivity contribution >= 4 is 22.8 Å². The number of piperidine rings is 1. The van der Waals surface area contributed by atoms with Crippen LogP contribution in [0.2, 0.25) is 0 Å². The third-order valence-corrected chi connectivity index (χ3v) is 6.91. The molecule has 0 spiro atoms. The normalized spacial score (nSPS) is 15.9. The molecule has 36 heavy (non-hydrogen) atoms. The molecule has 1 aliphatic rings. The van der Waals surface area contributed by atoms with Gasteiger partial charge in [-0.05, 0) is 56.3 Å². The molecule has 4 rings (SSSR count). The van der Waals surface area contributed by atoms with E-state index in [1.54, 1.807) is 13.3 Å². The van der Waals surface area contributed by atoms with Crippen LogP contribution >= 0.6 is 0 Å². The minimum absolute atomic E-state index is 0.0663. The minimum Gasteiger partial charge on any atom is -0.495 e. The van der Waals surface area contributed by atoms with Crippen LogP contribution in [0, 0.1) is 0 Å². The van der Waals surface area contributed by atoms with Gasteiger partial charge >= 0.3 is 0 Å². The van der Waals surface area contributed by atoms with Crippen molar-refractivity contribution in [3.8, 4) is 5.75 Å². The van der Waals surface area contributed by atoms with Crippen molar-refractivity contribution in [3.05, 3.63) is 29.7 Å². The van der Waals surface area contributed by atoms with E-state index in [1.807, 2.05) is 10.9 Å². The Hall–Kier alpha value is -3.02. The molecular weight excluding hydrogens is 460 g/mol. The van der Waals surface area contributed by atoms with Crippen molar-refractivity contribution in [1.82, 2.24) is 29.6 Å². The van der Waals surface area contributed by atoms with Crippen molar-refractivity contribution in [1.29, 1.82) is 0 Å². The Morgan fingerprint density at radius 3 is 2.67 bits per heavy atom. The zero-order chi connectivity index (χ0) is 25.5. The third-order valence-electron chi connectivity index (χ3n) is 6.91. The average molecular weight is 499 g/mol. The molecule has 0 aromatic carbocycles. The highest BCUT2D eigenvalue weighted by Crippen LogP contribution is 2.31. The first-order valence-electron chi connectivity index (χ1n) is 12.8. The van der Waals surface area contributed by atoms with Gasteiger partial charge < -0.3 is 30.9 Å². The number of hydrogen-bond donors (Lipinski definition) is 4. The standard InChI is InChI=1S/C25H38N8O3/c1-3-4-19(7-11-34)29-24-23-20(30-25(26)31-24)15-28-33(23)16-21-22(36-2)13-18(14-27-21)17-5-8-32(9-6-17)10-12-35/h13-15,17,19,34-35H,3-12,16H2,1-2H3,(H3,26,29,30,31). The maximum absolute atomic E-state index is 9.48. The molecule has 196 valence electrons. The lowest BCUT2D eigenvalue weighted by molar-refractivity contribution is 0.164. The number of aliphatic hydroxyl groups excluding tert-OH is 2. The number of likely N-dealkylation sites (tertiary alicyclic amines) is 1. The maximum Gasteiger partial charge on any atom is 0.222 e. The average Bonchev–Trinajstić information content (AvgIpc) is 3.27. The number of nitrogens with zero attached hydrogens (tertiary/aromatic N) is 6. The van der Waals surface area contributed by atoms with E-state index in [0.29, 0.717) is 30.2 Å². The summed E-state index contributed by atoms with van der Waals surface area (Å²) < 4.78 is 7.55. The van der Waals surface area contributed by atoms with E-state index in [0.717, 1.165) is 62.3 Å². The van der Waals surface area contributed by atoms with Crippen LogP contribution in [-0.2, 0) is 6.54 Å². The molecule has 0 bridgehead atoms. The largest absolute Gasteiger partial charge is 0.495 e. The second kappa shape index (κ2) is 12.3. The molecule has 0 radical (unpaired) electrons. The number of anilines is 2. The molecule has 11 nitrogen and oxygen atoms in total. The Kier molecular flexibility index (Phi) is 8.89. The summed E-state index contributed by atoms with van der Waals surface area (Å²) in [5, 5.41) is 26.7. The first-order chi connectivity index (χ1) is 17.6. The first kappa shape index (κ1) is 26.1. The molecule has 1 atom stereocenters. The fourth-order valence-electron chi connectivity index (χ4n) is 5.00. The molecule has 1 unspecified atom stereocenters. The molecular formula is C25H38N8O3. The van der Waals surface area contributed by atoms with E-state index < -0.39 is 0 Å². The summed E-state index contributed by atoms with van der Waals surface area (Å²) in [7, 11) is 1.66. The number of aromatic nitrogens is 5. The Bertz CT molecular complexity index is 1120. The predicted molar refractivity (Wildman–Crippen MR) is 139 cm³/mol. The monoisotopic (exact) mass is 498 g/mol. The van der Waals surface area contributed by atoms with E-state index in [1.165, 1.54) is 5.56 Å². The lowest BCUT2D eigenvalue weighted by Gasteiger charge is -2.31. The number of aliphatic hydroxyl groups is 2. The maximum atomic E-state index is 9.48. The number of β-amino-alcohol motifs (C(OH)–C–C–N with tert-alkyl or cyclic N) is 1. The molecule has 4 heterocycles. The van der Waals surface area contributed by atoms with Gasteiger partial charge in [0.2, 0.25) is 5.95 Å². The Balaban J connectivity index is 1.58. The van der Waals surface area contributed by atoms with Gasteiger partial charge in [-0.3, -0.25) is 9.67 Å². The zero-order valence-electron chi connectivity index (χ0n) is 21.2. The second-order valence-corrected chi connectivity index (χ2v) is 9.37. The number of nitrogen functional groups attached to an aromatic ring is 1. The van der Waals surface area contributed by atoms with Gasteiger partial charge in [0.25, 0.3) is 0 Å². The van der Waals surface area contributed by atoms with Gasteiger partial charge in [0.05, 0.1) is 26.5 Å². The zero-order valence-corrected chi connectivity index (χ0v) is 21.2. The Morgan fingerprint density at radius 2 is 1.97 bits per heavy atom. The lowest BCUT2D eigenvalue weighted by Crippen LogP contribution is -2.35. The molecule has 1 aliphatic heterocycles. The molecule has 3 aromatic rings. The van der Waals surface area contributed by atoms with Crippen LogP contribution in [0.4, 0.5) is 11.8 Å². The number of rotatable bonds is 12. The van der Waals surface area contributed by atoms with Crippen LogP contribution in [0.15, 0.2) is 18.5 Å². The molecule has 0 aliphatic carbocycles. The highest BCUT2D eigenvalue weighted by Gasteiger charge is 2.23. The lowest BCUT2D eigenvalue weighted by atomic mass is 9.90. The van der Waals surface area contributed by atoms with E-state index in [2.05, 4.69) is 38.3 Å². The number of fused-ring (bicyclic) bond motifs is 1. The number of ether oxygens (including phenoxy) is 1. The van der Waals surface area contributed by atoms with E-state index >= 15 is 0 Å². The van der Waals surface area contributed by atoms with Crippen LogP contribution in [0.25, 0.3) is 11.0 Å². The molecule has 11 heteroatoms. The van der Waals surface area contributed by atoms with E-state index in [4.69, 9.17) is 15.5 Å². The second-order valence-electron chi connectivity index (χ2n) is 9.37. The minimum atomic E-state index is 0.0663. The van der Waals surface area contributed by atoms with Crippen molar-refractivity contribution in [2.24, 2.45) is 0 Å². The number of nitrogens with one attached hydrogen (secondary N) is 1. The Morgan fingerprint density at radius 1 is 1.17 bits per heavy atom. The molecule has 1 fully saturated rings. The summed E-state index contributed by atoms with van der Waals surface area (Å²) in [5.41, 5.74) is 9.31. The summed E-state index contributed by atoms with van der Waals surface area (Å²) in [6.45, 7) is 5.48. The third kappa shape index (κ3) is 6.03. The first-order valence-corrected chi connectivity index (χ1v) is 12.8. The highest BCUT2D eigenvalue weighted by atomic mass is 16.5. The molecule has 3 aromatic heterocycles. The van der Waals surface area contributed by atoms with Gasteiger partial charge in [-0.1, -0.05) is 13.3 Å². The quantitative estimate of drug-likeness (QED) is 0.292. The summed E-state index contributed by atoms with van der Waals surface area (Å²) in [5.74, 6) is 1.93. The number of hydrogen-bond acceptors (Lipinski definition) is 10. The number of methoxy groups -OCH3 is 1. The topological polar surface area (TPSA) is 147 Å². The van der Waals surface area contributed by atoms with Gasteiger partial charge in [-0.15, -0.1) is 0 Å². The summed E-state index contributed by atoms with van der Waals surface area (Å²) in [6.07, 6.45) is 8.19. The van der Waals surface area contributed by atoms with Crippen LogP contribution in [0.3, 0.4) is 0 Å². The smallest absolute Gasteiger partial charge is 0.222 e.